The van der Waals surface area contributed by atoms with E-state index < -0.39 is 5.97 Å². The number of carboxylic acid groups (broad SMARTS) is 1. The molecular weight excluding hydrogens is 252 g/mol. The van der Waals surface area contributed by atoms with Crippen molar-refractivity contribution in [3.8, 4) is 6.07 Å². The third-order valence-electron chi connectivity index (χ3n) is 3.00. The topological polar surface area (TPSA) is 73.1 Å². The molecule has 0 fully saturated rings. The Kier molecular flexibility index (Phi) is 5.15. The summed E-state index contributed by atoms with van der Waals surface area (Å²) < 4.78 is 0. The summed E-state index contributed by atoms with van der Waals surface area (Å²) in [6.07, 6.45) is 0.842. The van der Waals surface area contributed by atoms with Crippen LogP contribution in [0.2, 0.25) is 0 Å². The highest BCUT2D eigenvalue weighted by molar-refractivity contribution is 5.68. The van der Waals surface area contributed by atoms with Gasteiger partial charge in [-0.25, -0.2) is 0 Å². The highest BCUT2D eigenvalue weighted by atomic mass is 16.4. The second-order valence-electron chi connectivity index (χ2n) is 6.35. The number of nitrogens with zero attached hydrogens (tertiary/aromatic N) is 1. The number of rotatable bonds is 5. The molecule has 4 heteroatoms. The summed E-state index contributed by atoms with van der Waals surface area (Å²) in [4.78, 5) is 11.0. The molecule has 20 heavy (non-hydrogen) atoms. The Morgan fingerprint density at radius 1 is 1.45 bits per heavy atom. The molecule has 0 radical (unpaired) electrons. The zero-order valence-electron chi connectivity index (χ0n) is 12.5. The molecule has 0 aliphatic rings. The Labute approximate surface area is 120 Å². The minimum absolute atomic E-state index is 0.0504. The number of nitrogens with one attached hydrogen (secondary N) is 1. The van der Waals surface area contributed by atoms with E-state index in [-0.39, 0.29) is 17.9 Å². The number of aliphatic carboxylic acids is 1. The molecule has 0 spiro atoms. The Morgan fingerprint density at radius 2 is 2.10 bits per heavy atom. The van der Waals surface area contributed by atoms with Gasteiger partial charge in [-0.3, -0.25) is 4.79 Å². The van der Waals surface area contributed by atoms with Crippen LogP contribution in [-0.4, -0.2) is 17.1 Å². The van der Waals surface area contributed by atoms with Crippen LogP contribution in [0.3, 0.4) is 0 Å². The van der Waals surface area contributed by atoms with Crippen molar-refractivity contribution in [1.82, 2.24) is 0 Å². The molecule has 0 saturated heterocycles. The SMILES string of the molecule is Cc1cc(NC(CC(=O)O)CC(C)(C)C)ccc1C#N. The molecule has 4 nitrogen and oxygen atoms in total. The van der Waals surface area contributed by atoms with Gasteiger partial charge in [0.15, 0.2) is 0 Å². The lowest BCUT2D eigenvalue weighted by atomic mass is 9.87. The molecule has 1 atom stereocenters. The van der Waals surface area contributed by atoms with E-state index in [0.717, 1.165) is 17.7 Å². The highest BCUT2D eigenvalue weighted by Crippen LogP contribution is 2.25. The fourth-order valence-electron chi connectivity index (χ4n) is 2.24. The fourth-order valence-corrected chi connectivity index (χ4v) is 2.24. The van der Waals surface area contributed by atoms with Crippen LogP contribution in [0.25, 0.3) is 0 Å². The maximum Gasteiger partial charge on any atom is 0.305 e. The van der Waals surface area contributed by atoms with Gasteiger partial charge in [0.2, 0.25) is 0 Å². The van der Waals surface area contributed by atoms with Crippen molar-refractivity contribution in [1.29, 1.82) is 5.26 Å². The van der Waals surface area contributed by atoms with Crippen molar-refractivity contribution in [2.45, 2.75) is 46.6 Å². The summed E-state index contributed by atoms with van der Waals surface area (Å²) in [7, 11) is 0. The first kappa shape index (κ1) is 16.0. The highest BCUT2D eigenvalue weighted by Gasteiger charge is 2.21. The lowest BCUT2D eigenvalue weighted by Gasteiger charge is -2.26. The van der Waals surface area contributed by atoms with Crippen molar-refractivity contribution >= 4 is 11.7 Å². The van der Waals surface area contributed by atoms with Crippen molar-refractivity contribution in [2.24, 2.45) is 5.41 Å². The number of carbonyl (C=O) groups is 1. The van der Waals surface area contributed by atoms with Gasteiger partial charge in [0.1, 0.15) is 0 Å². The van der Waals surface area contributed by atoms with Crippen LogP contribution in [0.1, 0.15) is 44.7 Å². The normalized spacial score (nSPS) is 12.6. The van der Waals surface area contributed by atoms with E-state index >= 15 is 0 Å². The Balaban J connectivity index is 2.86. The number of benzene rings is 1. The third-order valence-corrected chi connectivity index (χ3v) is 3.00. The smallest absolute Gasteiger partial charge is 0.305 e. The van der Waals surface area contributed by atoms with E-state index in [1.807, 2.05) is 19.1 Å². The Hall–Kier alpha value is -2.02. The molecule has 1 aromatic carbocycles. The molecule has 0 amide bonds. The summed E-state index contributed by atoms with van der Waals surface area (Å²) in [6, 6.07) is 7.46. The molecule has 2 N–H and O–H groups in total. The number of hydrogen-bond acceptors (Lipinski definition) is 3. The molecule has 0 aliphatic heterocycles. The second kappa shape index (κ2) is 6.42. The molecule has 0 heterocycles. The third kappa shape index (κ3) is 5.31. The van der Waals surface area contributed by atoms with E-state index in [1.165, 1.54) is 0 Å². The number of hydrogen-bond donors (Lipinski definition) is 2. The first-order valence-electron chi connectivity index (χ1n) is 6.70. The van der Waals surface area contributed by atoms with Crippen LogP contribution < -0.4 is 5.32 Å². The van der Waals surface area contributed by atoms with Crippen LogP contribution in [-0.2, 0) is 4.79 Å². The number of anilines is 1. The van der Waals surface area contributed by atoms with Crippen LogP contribution in [0.4, 0.5) is 5.69 Å². The van der Waals surface area contributed by atoms with Gasteiger partial charge < -0.3 is 10.4 Å². The zero-order valence-corrected chi connectivity index (χ0v) is 12.5. The van der Waals surface area contributed by atoms with Gasteiger partial charge in [0.05, 0.1) is 18.1 Å². The van der Waals surface area contributed by atoms with Crippen LogP contribution in [0.15, 0.2) is 18.2 Å². The maximum atomic E-state index is 11.0. The van der Waals surface area contributed by atoms with Gasteiger partial charge in [0, 0.05) is 11.7 Å². The molecule has 0 bridgehead atoms. The summed E-state index contributed by atoms with van der Waals surface area (Å²) in [6.45, 7) is 8.15. The molecule has 0 aromatic heterocycles. The quantitative estimate of drug-likeness (QED) is 0.861. The van der Waals surface area contributed by atoms with Crippen molar-refractivity contribution in [3.05, 3.63) is 29.3 Å². The predicted molar refractivity (Wildman–Crippen MR) is 79.6 cm³/mol. The van der Waals surface area contributed by atoms with Gasteiger partial charge >= 0.3 is 5.97 Å². The van der Waals surface area contributed by atoms with Gasteiger partial charge in [-0.15, -0.1) is 0 Å². The molecule has 0 saturated carbocycles. The summed E-state index contributed by atoms with van der Waals surface area (Å²) in [5.41, 5.74) is 2.44. The van der Waals surface area contributed by atoms with E-state index in [2.05, 4.69) is 32.2 Å². The Morgan fingerprint density at radius 3 is 2.55 bits per heavy atom. The maximum absolute atomic E-state index is 11.0. The average molecular weight is 274 g/mol. The summed E-state index contributed by atoms with van der Waals surface area (Å²) >= 11 is 0. The largest absolute Gasteiger partial charge is 0.481 e. The van der Waals surface area contributed by atoms with Gasteiger partial charge in [-0.05, 0) is 42.5 Å². The van der Waals surface area contributed by atoms with Crippen LogP contribution >= 0.6 is 0 Å². The predicted octanol–water partition coefficient (Wildman–Crippen LogP) is 3.56. The van der Waals surface area contributed by atoms with E-state index in [0.29, 0.717) is 5.56 Å². The number of nitriles is 1. The van der Waals surface area contributed by atoms with E-state index in [4.69, 9.17) is 10.4 Å². The average Bonchev–Trinajstić information content (AvgIpc) is 2.25. The first-order chi connectivity index (χ1) is 9.21. The fraction of sp³-hybridized carbons (Fsp3) is 0.500. The Bertz CT molecular complexity index is 524. The van der Waals surface area contributed by atoms with E-state index in [9.17, 15) is 4.79 Å². The number of carboxylic acids is 1. The summed E-state index contributed by atoms with van der Waals surface area (Å²) in [5, 5.41) is 21.2. The first-order valence-corrected chi connectivity index (χ1v) is 6.70. The second-order valence-corrected chi connectivity index (χ2v) is 6.35. The van der Waals surface area contributed by atoms with Crippen LogP contribution in [0, 0.1) is 23.7 Å². The minimum Gasteiger partial charge on any atom is -0.481 e. The lowest BCUT2D eigenvalue weighted by molar-refractivity contribution is -0.137. The monoisotopic (exact) mass is 274 g/mol. The molecule has 108 valence electrons. The summed E-state index contributed by atoms with van der Waals surface area (Å²) in [5.74, 6) is -0.808. The molecular formula is C16H22N2O2. The molecule has 1 rings (SSSR count). The van der Waals surface area contributed by atoms with Crippen LogP contribution in [0.5, 0.6) is 0 Å². The van der Waals surface area contributed by atoms with Crippen molar-refractivity contribution in [2.75, 3.05) is 5.32 Å². The molecule has 0 aliphatic carbocycles. The molecule has 1 unspecified atom stereocenters. The standard InChI is InChI=1S/C16H22N2O2/c1-11-7-13(6-5-12(11)10-17)18-14(8-15(19)20)9-16(2,3)4/h5-7,14,18H,8-9H2,1-4H3,(H,19,20). The van der Waals surface area contributed by atoms with Gasteiger partial charge in [0.25, 0.3) is 0 Å². The van der Waals surface area contributed by atoms with E-state index in [1.54, 1.807) is 6.07 Å². The van der Waals surface area contributed by atoms with Gasteiger partial charge in [-0.2, -0.15) is 5.26 Å². The van der Waals surface area contributed by atoms with Crippen molar-refractivity contribution < 1.29 is 9.90 Å². The number of aryl methyl sites for hydroxylation is 1. The molecule has 1 aromatic rings. The lowest BCUT2D eigenvalue weighted by Crippen LogP contribution is -2.28. The zero-order chi connectivity index (χ0) is 15.3. The van der Waals surface area contributed by atoms with Gasteiger partial charge in [-0.1, -0.05) is 20.8 Å². The minimum atomic E-state index is -0.808. The van der Waals surface area contributed by atoms with Crippen molar-refractivity contribution in [3.63, 3.8) is 0 Å².